The quantitative estimate of drug-likeness (QED) is 0.257. The number of likely N-dealkylation sites (N-methyl/N-ethyl adjacent to an activating group) is 1. The van der Waals surface area contributed by atoms with Gasteiger partial charge in [0.2, 0.25) is 0 Å². The summed E-state index contributed by atoms with van der Waals surface area (Å²) in [6.07, 6.45) is 1.89. The Hall–Kier alpha value is -1.66. The lowest BCUT2D eigenvalue weighted by Crippen LogP contribution is -2.28. The number of carbonyl (C=O) groups is 1. The number of hydrogen-bond acceptors (Lipinski definition) is 6. The highest BCUT2D eigenvalue weighted by atomic mass is 32.2. The highest BCUT2D eigenvalue weighted by molar-refractivity contribution is 8.40. The molecule has 2 rings (SSSR count). The van der Waals surface area contributed by atoms with Gasteiger partial charge < -0.3 is 31.6 Å². The zero-order valence-corrected chi connectivity index (χ0v) is 19.1. The predicted molar refractivity (Wildman–Crippen MR) is 117 cm³/mol. The molecule has 0 atom stereocenters. The van der Waals surface area contributed by atoms with Gasteiger partial charge in [0.25, 0.3) is 4.38 Å². The Labute approximate surface area is 182 Å². The molecule has 0 spiro atoms. The number of amides is 1. The average molecular weight is 468 g/mol. The van der Waals surface area contributed by atoms with Crippen molar-refractivity contribution in [2.45, 2.75) is 6.92 Å². The molecule has 1 aliphatic heterocycles. The van der Waals surface area contributed by atoms with E-state index in [9.17, 15) is 22.1 Å². The van der Waals surface area contributed by atoms with E-state index in [1.807, 2.05) is 42.9 Å². The molecule has 0 saturated carbocycles. The first-order valence-electron chi connectivity index (χ1n) is 8.95. The second-order valence-electron chi connectivity index (χ2n) is 6.17. The standard InChI is InChI=1S/C18H25N2O3S2.BF4/c1-6-24-18-20(10-9-19(2)3)17(21)16(25-18)12-13-11-14(22-4)7-8-15(13)23-5;2-1(3,4)5/h7-8,11-12H,6,9-10H2,1-5H3;/q+1;-1/b16-12-;. The summed E-state index contributed by atoms with van der Waals surface area (Å²) in [5.74, 6) is 2.44. The van der Waals surface area contributed by atoms with E-state index >= 15 is 0 Å². The van der Waals surface area contributed by atoms with Gasteiger partial charge in [-0.3, -0.25) is 0 Å². The summed E-state index contributed by atoms with van der Waals surface area (Å²) in [4.78, 5) is 15.7. The van der Waals surface area contributed by atoms with Crippen LogP contribution in [-0.2, 0) is 4.79 Å². The lowest BCUT2D eigenvalue weighted by atomic mass is 10.1. The van der Waals surface area contributed by atoms with Gasteiger partial charge in [0.1, 0.15) is 16.4 Å². The Morgan fingerprint density at radius 3 is 2.33 bits per heavy atom. The molecule has 0 aromatic heterocycles. The molecule has 1 amide bonds. The Balaban J connectivity index is 0.000000804. The number of nitrogens with zero attached hydrogens (tertiary/aromatic N) is 2. The highest BCUT2D eigenvalue weighted by Gasteiger charge is 2.38. The molecule has 0 N–H and O–H groups in total. The fraction of sp³-hybridized carbons (Fsp3) is 0.444. The van der Waals surface area contributed by atoms with Crippen LogP contribution in [0.5, 0.6) is 11.5 Å². The van der Waals surface area contributed by atoms with Gasteiger partial charge in [-0.25, -0.2) is 4.79 Å². The molecule has 5 nitrogen and oxygen atoms in total. The van der Waals surface area contributed by atoms with Crippen LogP contribution in [0, 0.1) is 0 Å². The third kappa shape index (κ3) is 9.01. The third-order valence-corrected chi connectivity index (χ3v) is 5.90. The first-order chi connectivity index (χ1) is 14.0. The number of thioether (sulfide) groups is 2. The first kappa shape index (κ1) is 26.4. The van der Waals surface area contributed by atoms with E-state index in [-0.39, 0.29) is 5.91 Å². The van der Waals surface area contributed by atoms with Crippen LogP contribution in [0.25, 0.3) is 6.08 Å². The summed E-state index contributed by atoms with van der Waals surface area (Å²) < 4.78 is 52.6. The van der Waals surface area contributed by atoms with Gasteiger partial charge in [-0.05, 0) is 61.9 Å². The van der Waals surface area contributed by atoms with Gasteiger partial charge >= 0.3 is 13.2 Å². The molecule has 168 valence electrons. The normalized spacial score (nSPS) is 15.5. The SMILES string of the molecule is CCSC1=[N+](CCN(C)C)C(=O)/C(=C/c2cc(OC)ccc2OC)S1.F[B-](F)(F)F. The molecule has 0 unspecified atom stereocenters. The maximum absolute atomic E-state index is 12.9. The number of carbonyl (C=O) groups excluding carboxylic acids is 1. The van der Waals surface area contributed by atoms with E-state index in [1.165, 1.54) is 11.8 Å². The van der Waals surface area contributed by atoms with Gasteiger partial charge in [-0.1, -0.05) is 6.92 Å². The van der Waals surface area contributed by atoms with Crippen LogP contribution in [0.1, 0.15) is 12.5 Å². The van der Waals surface area contributed by atoms with Gasteiger partial charge in [-0.15, -0.1) is 4.58 Å². The van der Waals surface area contributed by atoms with Crippen LogP contribution in [0.2, 0.25) is 0 Å². The molecular weight excluding hydrogens is 443 g/mol. The lowest BCUT2D eigenvalue weighted by Gasteiger charge is -2.07. The summed E-state index contributed by atoms with van der Waals surface area (Å²) >= 11 is 3.24. The summed E-state index contributed by atoms with van der Waals surface area (Å²) in [6, 6.07) is 5.58. The van der Waals surface area contributed by atoms with Crippen LogP contribution in [0.4, 0.5) is 17.3 Å². The maximum Gasteiger partial charge on any atom is 0.673 e. The number of benzene rings is 1. The zero-order chi connectivity index (χ0) is 22.9. The fourth-order valence-electron chi connectivity index (χ4n) is 2.32. The van der Waals surface area contributed by atoms with Crippen molar-refractivity contribution in [2.24, 2.45) is 0 Å². The van der Waals surface area contributed by atoms with Crippen molar-refractivity contribution in [1.82, 2.24) is 4.90 Å². The van der Waals surface area contributed by atoms with E-state index in [0.717, 1.165) is 33.7 Å². The second-order valence-corrected chi connectivity index (χ2v) is 8.71. The van der Waals surface area contributed by atoms with Gasteiger partial charge in [0.15, 0.2) is 6.54 Å². The number of halogens is 4. The highest BCUT2D eigenvalue weighted by Crippen LogP contribution is 2.35. The number of methoxy groups -OCH3 is 2. The van der Waals surface area contributed by atoms with Crippen molar-refractivity contribution < 1.29 is 36.1 Å². The van der Waals surface area contributed by atoms with Crippen LogP contribution in [-0.4, -0.2) is 74.2 Å². The zero-order valence-electron chi connectivity index (χ0n) is 17.5. The minimum absolute atomic E-state index is 0.0488. The van der Waals surface area contributed by atoms with Gasteiger partial charge in [0.05, 0.1) is 20.8 Å². The van der Waals surface area contributed by atoms with Crippen LogP contribution in [0.3, 0.4) is 0 Å². The molecule has 30 heavy (non-hydrogen) atoms. The van der Waals surface area contributed by atoms with Crippen molar-refractivity contribution in [2.75, 3.05) is 47.2 Å². The van der Waals surface area contributed by atoms with E-state index in [2.05, 4.69) is 11.8 Å². The minimum Gasteiger partial charge on any atom is -0.497 e. The number of rotatable bonds is 7. The third-order valence-electron chi connectivity index (χ3n) is 3.64. The van der Waals surface area contributed by atoms with E-state index < -0.39 is 7.25 Å². The molecule has 0 saturated heterocycles. The van der Waals surface area contributed by atoms with Crippen molar-refractivity contribution in [3.05, 3.63) is 28.7 Å². The summed E-state index contributed by atoms with van der Waals surface area (Å²) in [7, 11) is 1.28. The maximum atomic E-state index is 12.9. The van der Waals surface area contributed by atoms with Crippen LogP contribution >= 0.6 is 23.5 Å². The van der Waals surface area contributed by atoms with E-state index in [0.29, 0.717) is 11.4 Å². The molecule has 1 aromatic rings. The predicted octanol–water partition coefficient (Wildman–Crippen LogP) is 4.30. The molecule has 12 heteroatoms. The van der Waals surface area contributed by atoms with E-state index in [4.69, 9.17) is 9.47 Å². The molecular formula is C18H25BF4N2O3S2. The molecule has 1 aliphatic rings. The largest absolute Gasteiger partial charge is 0.673 e. The average Bonchev–Trinajstić information content (AvgIpc) is 2.93. The lowest BCUT2D eigenvalue weighted by molar-refractivity contribution is -0.437. The Bertz CT molecular complexity index is 796. The fourth-order valence-corrected chi connectivity index (χ4v) is 4.61. The summed E-state index contributed by atoms with van der Waals surface area (Å²) in [5, 5.41) is 0. The summed E-state index contributed by atoms with van der Waals surface area (Å²) in [5.41, 5.74) is 0.841. The van der Waals surface area contributed by atoms with Crippen molar-refractivity contribution in [1.29, 1.82) is 0 Å². The molecule has 0 bridgehead atoms. The molecule has 0 fully saturated rings. The van der Waals surface area contributed by atoms with Crippen molar-refractivity contribution in [3.8, 4) is 11.5 Å². The summed E-state index contributed by atoms with van der Waals surface area (Å²) in [6.45, 7) is 3.61. The second kappa shape index (κ2) is 12.3. The van der Waals surface area contributed by atoms with Crippen LogP contribution < -0.4 is 9.47 Å². The smallest absolute Gasteiger partial charge is 0.497 e. The topological polar surface area (TPSA) is 41.8 Å². The molecule has 1 heterocycles. The van der Waals surface area contributed by atoms with Crippen LogP contribution in [0.15, 0.2) is 23.1 Å². The molecule has 0 radical (unpaired) electrons. The number of hydrogen-bond donors (Lipinski definition) is 0. The Morgan fingerprint density at radius 2 is 1.83 bits per heavy atom. The van der Waals surface area contributed by atoms with Gasteiger partial charge in [-0.2, -0.15) is 0 Å². The van der Waals surface area contributed by atoms with Crippen molar-refractivity contribution >= 4 is 47.1 Å². The Morgan fingerprint density at radius 1 is 1.20 bits per heavy atom. The van der Waals surface area contributed by atoms with Gasteiger partial charge in [0, 0.05) is 11.3 Å². The minimum atomic E-state index is -6.00. The van der Waals surface area contributed by atoms with E-state index in [1.54, 1.807) is 26.0 Å². The molecule has 1 aromatic carbocycles. The first-order valence-corrected chi connectivity index (χ1v) is 10.8. The van der Waals surface area contributed by atoms with Crippen molar-refractivity contribution in [3.63, 3.8) is 0 Å². The Kier molecular flexibility index (Phi) is 10.8. The monoisotopic (exact) mass is 468 g/mol. The molecule has 0 aliphatic carbocycles. The number of ether oxygens (including phenoxy) is 2.